The van der Waals surface area contributed by atoms with Crippen molar-refractivity contribution in [3.05, 3.63) is 206 Å². The van der Waals surface area contributed by atoms with Gasteiger partial charge in [0.15, 0.2) is 5.82 Å². The van der Waals surface area contributed by atoms with Crippen molar-refractivity contribution in [2.75, 3.05) is 0 Å². The lowest BCUT2D eigenvalue weighted by Gasteiger charge is -2.22. The van der Waals surface area contributed by atoms with Gasteiger partial charge in [-0.25, -0.2) is 9.97 Å². The van der Waals surface area contributed by atoms with Gasteiger partial charge in [0.05, 0.1) is 11.4 Å². The lowest BCUT2D eigenvalue weighted by molar-refractivity contribution is 1.20. The lowest BCUT2D eigenvalue weighted by Crippen LogP contribution is -2.50. The Morgan fingerprint density at radius 3 is 1.21 bits per heavy atom. The zero-order chi connectivity index (χ0) is 38.3. The van der Waals surface area contributed by atoms with Crippen molar-refractivity contribution in [3.63, 3.8) is 0 Å². The summed E-state index contributed by atoms with van der Waals surface area (Å²) in [5.41, 5.74) is 17.4. The molecule has 8 aromatic carbocycles. The summed E-state index contributed by atoms with van der Waals surface area (Å²) in [4.78, 5) is 10.9. The van der Waals surface area contributed by atoms with E-state index in [2.05, 4.69) is 219 Å². The van der Waals surface area contributed by atoms with Gasteiger partial charge >= 0.3 is 0 Å². The molecule has 10 rings (SSSR count). The van der Waals surface area contributed by atoms with Crippen LogP contribution in [0.4, 0.5) is 0 Å². The zero-order valence-electron chi connectivity index (χ0n) is 32.0. The van der Waals surface area contributed by atoms with Crippen molar-refractivity contribution in [3.8, 4) is 89.5 Å². The predicted octanol–water partition coefficient (Wildman–Crippen LogP) is 12.9. The van der Waals surface area contributed by atoms with Gasteiger partial charge < -0.3 is 0 Å². The van der Waals surface area contributed by atoms with Crippen molar-refractivity contribution in [1.82, 2.24) is 9.97 Å². The van der Waals surface area contributed by atoms with E-state index in [4.69, 9.17) is 9.97 Å². The van der Waals surface area contributed by atoms with Crippen LogP contribution in [0.15, 0.2) is 206 Å². The third-order valence-electron chi connectivity index (χ3n) is 11.5. The van der Waals surface area contributed by atoms with Gasteiger partial charge in [0, 0.05) is 11.1 Å². The number of hydrogen-bond donors (Lipinski definition) is 0. The Balaban J connectivity index is 1.06. The molecular weight excluding hydrogens is 705 g/mol. The number of benzene rings is 8. The number of aromatic nitrogens is 2. The third kappa shape index (κ3) is 6.42. The quantitative estimate of drug-likeness (QED) is 0.152. The number of hydrogen-bond acceptors (Lipinski definition) is 2. The molecule has 3 heteroatoms. The average molecular weight is 745 g/mol. The zero-order valence-corrected chi connectivity index (χ0v) is 33.0. The molecule has 1 aliphatic heterocycles. The van der Waals surface area contributed by atoms with E-state index in [1.54, 1.807) is 0 Å². The highest BCUT2D eigenvalue weighted by Crippen LogP contribution is 2.36. The van der Waals surface area contributed by atoms with Crippen LogP contribution in [0, 0.1) is 0 Å². The van der Waals surface area contributed by atoms with Crippen molar-refractivity contribution < 1.29 is 0 Å². The van der Waals surface area contributed by atoms with Crippen LogP contribution in [0.5, 0.6) is 0 Å². The summed E-state index contributed by atoms with van der Waals surface area (Å²) in [5, 5.41) is 2.73. The highest BCUT2D eigenvalue weighted by atomic mass is 28.3. The normalized spacial score (nSPS) is 12.5. The van der Waals surface area contributed by atoms with E-state index >= 15 is 0 Å². The van der Waals surface area contributed by atoms with Crippen molar-refractivity contribution in [1.29, 1.82) is 0 Å². The maximum atomic E-state index is 5.51. The smallest absolute Gasteiger partial charge is 0.160 e. The third-order valence-corrected chi connectivity index (χ3v) is 15.0. The molecule has 57 heavy (non-hydrogen) atoms. The second kappa shape index (κ2) is 14.3. The van der Waals surface area contributed by atoms with E-state index in [1.807, 2.05) is 0 Å². The summed E-state index contributed by atoms with van der Waals surface area (Å²) in [6.45, 7) is 4.89. The van der Waals surface area contributed by atoms with E-state index in [0.29, 0.717) is 0 Å². The Bertz CT molecular complexity index is 2910. The molecule has 0 aliphatic carbocycles. The van der Waals surface area contributed by atoms with Gasteiger partial charge in [-0.1, -0.05) is 195 Å². The monoisotopic (exact) mass is 744 g/mol. The first-order valence-electron chi connectivity index (χ1n) is 19.6. The first kappa shape index (κ1) is 34.5. The van der Waals surface area contributed by atoms with E-state index in [1.165, 1.54) is 60.4 Å². The molecule has 2 heterocycles. The molecule has 0 amide bonds. The highest BCUT2D eigenvalue weighted by Gasteiger charge is 2.41. The summed E-state index contributed by atoms with van der Waals surface area (Å²) in [6.07, 6.45) is 0. The van der Waals surface area contributed by atoms with Gasteiger partial charge in [-0.3, -0.25) is 0 Å². The van der Waals surface area contributed by atoms with E-state index in [9.17, 15) is 0 Å². The topological polar surface area (TPSA) is 25.8 Å². The molecule has 1 aliphatic rings. The fourth-order valence-electron chi connectivity index (χ4n) is 8.51. The molecule has 1 aromatic heterocycles. The van der Waals surface area contributed by atoms with Gasteiger partial charge in [0.25, 0.3) is 0 Å². The van der Waals surface area contributed by atoms with Crippen LogP contribution in [0.2, 0.25) is 13.1 Å². The fraction of sp³-hybridized carbons (Fsp3) is 0.0370. The molecule has 0 saturated heterocycles. The Hall–Kier alpha value is -6.94. The molecular formula is C54H40N2Si. The molecule has 2 nitrogen and oxygen atoms in total. The van der Waals surface area contributed by atoms with Gasteiger partial charge in [-0.15, -0.1) is 0 Å². The van der Waals surface area contributed by atoms with Crippen LogP contribution in [0.3, 0.4) is 0 Å². The molecule has 0 saturated carbocycles. The number of rotatable bonds is 7. The lowest BCUT2D eigenvalue weighted by atomic mass is 9.95. The van der Waals surface area contributed by atoms with Crippen LogP contribution in [-0.4, -0.2) is 18.0 Å². The minimum Gasteiger partial charge on any atom is -0.228 e. The molecule has 0 fully saturated rings. The Morgan fingerprint density at radius 2 is 0.649 bits per heavy atom. The molecule has 0 unspecified atom stereocenters. The second-order valence-corrected chi connectivity index (χ2v) is 19.7. The molecule has 0 atom stereocenters. The van der Waals surface area contributed by atoms with E-state index < -0.39 is 8.07 Å². The van der Waals surface area contributed by atoms with Crippen LogP contribution in [0.25, 0.3) is 89.5 Å². The minimum atomic E-state index is -2.13. The summed E-state index contributed by atoms with van der Waals surface area (Å²) >= 11 is 0. The number of nitrogens with zero attached hydrogens (tertiary/aromatic N) is 2. The standard InChI is InChI=1S/C54H40N2Si/c1-57(2)50-28-10-9-27-49(50)52-53(57)51(47-25-13-20-42(35-47)40-31-29-39(30-32-40)37-15-5-3-6-16-37)55-54(56-52)48-26-14-24-46(36-48)45-23-12-22-44(34-45)43-21-11-19-41(33-43)38-17-7-4-8-18-38/h3-36H,1-2H3. The molecule has 0 spiro atoms. The average Bonchev–Trinajstić information content (AvgIpc) is 3.52. The van der Waals surface area contributed by atoms with Crippen LogP contribution in [-0.2, 0) is 0 Å². The Kier molecular flexibility index (Phi) is 8.66. The van der Waals surface area contributed by atoms with E-state index in [0.717, 1.165) is 39.5 Å². The Morgan fingerprint density at radius 1 is 0.298 bits per heavy atom. The molecule has 0 radical (unpaired) electrons. The fourth-order valence-corrected chi connectivity index (χ4v) is 11.7. The first-order chi connectivity index (χ1) is 28.0. The molecule has 0 bridgehead atoms. The summed E-state index contributed by atoms with van der Waals surface area (Å²) < 4.78 is 0. The molecule has 0 N–H and O–H groups in total. The minimum absolute atomic E-state index is 0.747. The maximum Gasteiger partial charge on any atom is 0.160 e. The summed E-state index contributed by atoms with van der Waals surface area (Å²) in [5.74, 6) is 0.747. The van der Waals surface area contributed by atoms with Gasteiger partial charge in [-0.2, -0.15) is 0 Å². The predicted molar refractivity (Wildman–Crippen MR) is 242 cm³/mol. The summed E-state index contributed by atoms with van der Waals surface area (Å²) in [7, 11) is -2.13. The molecule has 9 aromatic rings. The SMILES string of the molecule is C[Si]1(C)c2ccccc2-c2nc(-c3cccc(-c4cccc(-c5cccc(-c6ccccc6)c5)c4)c3)nc(-c3cccc(-c4ccc(-c5ccccc5)cc4)c3)c21. The van der Waals surface area contributed by atoms with Crippen molar-refractivity contribution >= 4 is 18.4 Å². The first-order valence-corrected chi connectivity index (χ1v) is 22.6. The highest BCUT2D eigenvalue weighted by molar-refractivity contribution is 7.04. The van der Waals surface area contributed by atoms with Crippen LogP contribution in [0.1, 0.15) is 0 Å². The second-order valence-electron chi connectivity index (χ2n) is 15.4. The summed E-state index contributed by atoms with van der Waals surface area (Å²) in [6, 6.07) is 74.1. The largest absolute Gasteiger partial charge is 0.228 e. The number of fused-ring (bicyclic) bond motifs is 3. The van der Waals surface area contributed by atoms with E-state index in [-0.39, 0.29) is 0 Å². The maximum absolute atomic E-state index is 5.51. The Labute approximate surface area is 335 Å². The van der Waals surface area contributed by atoms with Gasteiger partial charge in [0.2, 0.25) is 0 Å². The van der Waals surface area contributed by atoms with Gasteiger partial charge in [0.1, 0.15) is 8.07 Å². The van der Waals surface area contributed by atoms with Gasteiger partial charge in [-0.05, 0) is 95.8 Å². The van der Waals surface area contributed by atoms with Crippen LogP contribution < -0.4 is 10.4 Å². The van der Waals surface area contributed by atoms with Crippen molar-refractivity contribution in [2.45, 2.75) is 13.1 Å². The molecule has 270 valence electrons. The van der Waals surface area contributed by atoms with Crippen LogP contribution >= 0.6 is 0 Å². The van der Waals surface area contributed by atoms with Crippen molar-refractivity contribution in [2.24, 2.45) is 0 Å².